The van der Waals surface area contributed by atoms with Crippen LogP contribution >= 0.6 is 11.8 Å². The van der Waals surface area contributed by atoms with Crippen LogP contribution in [0.2, 0.25) is 0 Å². The molecule has 7 heteroatoms. The van der Waals surface area contributed by atoms with Gasteiger partial charge >= 0.3 is 0 Å². The Hall–Kier alpha value is -2.93. The van der Waals surface area contributed by atoms with Gasteiger partial charge in [-0.05, 0) is 30.0 Å². The molecular formula is C23H24N4O2S. The second kappa shape index (κ2) is 7.40. The number of hydrogen-bond acceptors (Lipinski definition) is 5. The number of para-hydroxylation sites is 1. The van der Waals surface area contributed by atoms with Crippen molar-refractivity contribution in [2.24, 2.45) is 7.05 Å². The maximum atomic E-state index is 13.0. The minimum atomic E-state index is -0.353. The van der Waals surface area contributed by atoms with E-state index in [1.807, 2.05) is 53.8 Å². The fourth-order valence-corrected chi connectivity index (χ4v) is 4.40. The van der Waals surface area contributed by atoms with E-state index in [0.717, 1.165) is 5.52 Å². The van der Waals surface area contributed by atoms with Crippen LogP contribution in [0.4, 0.5) is 0 Å². The molecule has 2 aromatic heterocycles. The van der Waals surface area contributed by atoms with E-state index < -0.39 is 0 Å². The van der Waals surface area contributed by atoms with E-state index in [1.165, 1.54) is 21.9 Å². The third-order valence-electron chi connectivity index (χ3n) is 5.28. The van der Waals surface area contributed by atoms with Gasteiger partial charge < -0.3 is 0 Å². The maximum absolute atomic E-state index is 13.0. The highest BCUT2D eigenvalue weighted by Gasteiger charge is 2.22. The topological polar surface area (TPSA) is 69.3 Å². The molecule has 0 radical (unpaired) electrons. The first-order chi connectivity index (χ1) is 14.2. The van der Waals surface area contributed by atoms with Gasteiger partial charge in [-0.25, -0.2) is 0 Å². The van der Waals surface area contributed by atoms with Crippen molar-refractivity contribution in [3.05, 3.63) is 70.0 Å². The number of nitrogens with zero attached hydrogens (tertiary/aromatic N) is 4. The lowest BCUT2D eigenvalue weighted by molar-refractivity contribution is 0.0994. The molecule has 2 heterocycles. The summed E-state index contributed by atoms with van der Waals surface area (Å²) in [5, 5.41) is 9.29. The van der Waals surface area contributed by atoms with Gasteiger partial charge in [-0.15, -0.1) is 10.2 Å². The van der Waals surface area contributed by atoms with Crippen molar-refractivity contribution in [3.63, 3.8) is 0 Å². The van der Waals surface area contributed by atoms with Gasteiger partial charge in [0, 0.05) is 12.6 Å². The van der Waals surface area contributed by atoms with Crippen molar-refractivity contribution in [2.45, 2.75) is 43.5 Å². The molecule has 0 aliphatic heterocycles. The largest absolute Gasteiger partial charge is 0.293 e. The first kappa shape index (κ1) is 20.3. The number of carbonyl (C=O) groups is 1. The normalized spacial score (nSPS) is 13.1. The summed E-state index contributed by atoms with van der Waals surface area (Å²) in [5.41, 5.74) is 2.52. The van der Waals surface area contributed by atoms with E-state index in [4.69, 9.17) is 0 Å². The molecule has 4 aromatic rings. The van der Waals surface area contributed by atoms with Gasteiger partial charge in [0.15, 0.2) is 10.9 Å². The van der Waals surface area contributed by atoms with Crippen LogP contribution in [0.5, 0.6) is 0 Å². The summed E-state index contributed by atoms with van der Waals surface area (Å²) in [6, 6.07) is 15.2. The number of Topliss-reactive ketones (excluding diaryl/α,β-unsaturated/α-hetero) is 1. The molecule has 2 aromatic carbocycles. The van der Waals surface area contributed by atoms with Crippen LogP contribution in [0.25, 0.3) is 16.7 Å². The molecule has 0 N–H and O–H groups in total. The molecule has 0 bridgehead atoms. The molecule has 0 fully saturated rings. The molecule has 6 nitrogen and oxygen atoms in total. The summed E-state index contributed by atoms with van der Waals surface area (Å²) >= 11 is 1.35. The molecule has 1 unspecified atom stereocenters. The predicted molar refractivity (Wildman–Crippen MR) is 121 cm³/mol. The molecule has 0 aliphatic carbocycles. The summed E-state index contributed by atoms with van der Waals surface area (Å²) in [6.45, 7) is 8.32. The zero-order valence-corrected chi connectivity index (χ0v) is 18.5. The Labute approximate surface area is 178 Å². The van der Waals surface area contributed by atoms with E-state index in [0.29, 0.717) is 21.9 Å². The molecule has 0 saturated heterocycles. The average molecular weight is 421 g/mol. The van der Waals surface area contributed by atoms with Crippen LogP contribution in [-0.4, -0.2) is 30.2 Å². The zero-order valence-electron chi connectivity index (χ0n) is 17.7. The summed E-state index contributed by atoms with van der Waals surface area (Å²) in [5.74, 6) is 0.488. The van der Waals surface area contributed by atoms with Gasteiger partial charge in [0.1, 0.15) is 0 Å². The van der Waals surface area contributed by atoms with Gasteiger partial charge in [0.05, 0.1) is 16.2 Å². The van der Waals surface area contributed by atoms with Crippen molar-refractivity contribution in [1.82, 2.24) is 19.2 Å². The summed E-state index contributed by atoms with van der Waals surface area (Å²) < 4.78 is 3.32. The molecule has 154 valence electrons. The van der Waals surface area contributed by atoms with Crippen LogP contribution in [0, 0.1) is 0 Å². The number of hydrogen-bond donors (Lipinski definition) is 0. The Morgan fingerprint density at radius 1 is 1.03 bits per heavy atom. The lowest BCUT2D eigenvalue weighted by Gasteiger charge is -2.19. The van der Waals surface area contributed by atoms with Crippen molar-refractivity contribution in [2.75, 3.05) is 0 Å². The molecular weight excluding hydrogens is 396 g/mol. The molecule has 0 amide bonds. The lowest BCUT2D eigenvalue weighted by Crippen LogP contribution is -2.20. The smallest absolute Gasteiger partial charge is 0.262 e. The number of benzene rings is 2. The van der Waals surface area contributed by atoms with Gasteiger partial charge in [-0.2, -0.15) is 0 Å². The average Bonchev–Trinajstić information content (AvgIpc) is 3.14. The fraction of sp³-hybridized carbons (Fsp3) is 0.304. The Kier molecular flexibility index (Phi) is 5.02. The first-order valence-corrected chi connectivity index (χ1v) is 10.7. The van der Waals surface area contributed by atoms with E-state index in [-0.39, 0.29) is 22.0 Å². The van der Waals surface area contributed by atoms with Crippen LogP contribution in [0.3, 0.4) is 0 Å². The second-order valence-electron chi connectivity index (χ2n) is 8.45. The molecule has 1 atom stereocenters. The molecule has 0 spiro atoms. The van der Waals surface area contributed by atoms with Gasteiger partial charge in [-0.3, -0.25) is 18.6 Å². The van der Waals surface area contributed by atoms with E-state index in [2.05, 4.69) is 31.0 Å². The maximum Gasteiger partial charge on any atom is 0.262 e. The van der Waals surface area contributed by atoms with E-state index >= 15 is 0 Å². The third-order valence-corrected chi connectivity index (χ3v) is 6.33. The van der Waals surface area contributed by atoms with Crippen LogP contribution < -0.4 is 5.56 Å². The minimum absolute atomic E-state index is 0.0336. The number of rotatable bonds is 4. The fourth-order valence-electron chi connectivity index (χ4n) is 3.47. The van der Waals surface area contributed by atoms with Gasteiger partial charge in [0.2, 0.25) is 5.78 Å². The Morgan fingerprint density at radius 2 is 1.70 bits per heavy atom. The minimum Gasteiger partial charge on any atom is -0.293 e. The number of thioether (sulfide) groups is 1. The predicted octanol–water partition coefficient (Wildman–Crippen LogP) is 4.24. The monoisotopic (exact) mass is 420 g/mol. The molecule has 0 saturated carbocycles. The summed E-state index contributed by atoms with van der Waals surface area (Å²) in [6.07, 6.45) is 0. The zero-order chi connectivity index (χ0) is 21.6. The highest BCUT2D eigenvalue weighted by Crippen LogP contribution is 2.28. The van der Waals surface area contributed by atoms with Crippen molar-refractivity contribution in [1.29, 1.82) is 0 Å². The Morgan fingerprint density at radius 3 is 2.37 bits per heavy atom. The molecule has 30 heavy (non-hydrogen) atoms. The highest BCUT2D eigenvalue weighted by atomic mass is 32.2. The Bertz CT molecular complexity index is 1310. The summed E-state index contributed by atoms with van der Waals surface area (Å²) in [7, 11) is 1.68. The number of aryl methyl sites for hydroxylation is 1. The Balaban J connectivity index is 1.69. The lowest BCUT2D eigenvalue weighted by atomic mass is 9.86. The van der Waals surface area contributed by atoms with Crippen molar-refractivity contribution >= 4 is 34.2 Å². The SMILES string of the molecule is CC(Sc1nnc2n(C)c(=O)c3ccccc3n12)C(=O)c1ccc(C(C)(C)C)cc1. The first-order valence-electron chi connectivity index (χ1n) is 9.83. The quantitative estimate of drug-likeness (QED) is 0.365. The van der Waals surface area contributed by atoms with Crippen LogP contribution in [0.15, 0.2) is 58.5 Å². The van der Waals surface area contributed by atoms with Gasteiger partial charge in [-0.1, -0.05) is 68.9 Å². The second-order valence-corrected chi connectivity index (χ2v) is 9.76. The highest BCUT2D eigenvalue weighted by molar-refractivity contribution is 8.00. The van der Waals surface area contributed by atoms with E-state index in [9.17, 15) is 9.59 Å². The number of aromatic nitrogens is 4. The molecule has 0 aliphatic rings. The third kappa shape index (κ3) is 3.43. The molecule has 4 rings (SSSR count). The number of carbonyl (C=O) groups excluding carboxylic acids is 1. The van der Waals surface area contributed by atoms with Crippen LogP contribution in [-0.2, 0) is 12.5 Å². The summed E-state index contributed by atoms with van der Waals surface area (Å²) in [4.78, 5) is 25.6. The standard InChI is InChI=1S/C23H24N4O2S/c1-14(19(28)15-10-12-16(13-11-15)23(2,3)4)30-22-25-24-21-26(5)20(29)17-8-6-7-9-18(17)27(21)22/h6-14H,1-5H3. The van der Waals surface area contributed by atoms with Crippen LogP contribution in [0.1, 0.15) is 43.6 Å². The number of fused-ring (bicyclic) bond motifs is 3. The van der Waals surface area contributed by atoms with E-state index in [1.54, 1.807) is 13.1 Å². The van der Waals surface area contributed by atoms with Crippen molar-refractivity contribution in [3.8, 4) is 0 Å². The number of ketones is 1. The van der Waals surface area contributed by atoms with Gasteiger partial charge in [0.25, 0.3) is 5.56 Å². The van der Waals surface area contributed by atoms with Crippen molar-refractivity contribution < 1.29 is 4.79 Å².